The van der Waals surface area contributed by atoms with Crippen molar-refractivity contribution in [1.29, 1.82) is 0 Å². The van der Waals surface area contributed by atoms with Crippen molar-refractivity contribution in [2.45, 2.75) is 13.1 Å². The molecule has 0 aromatic carbocycles. The Morgan fingerprint density at radius 3 is 2.33 bits per heavy atom. The lowest BCUT2D eigenvalue weighted by Crippen LogP contribution is -2.09. The largest absolute Gasteiger partial charge is 0.433 e. The van der Waals surface area contributed by atoms with Crippen molar-refractivity contribution < 1.29 is 13.2 Å². The van der Waals surface area contributed by atoms with Gasteiger partial charge >= 0.3 is 6.18 Å². The average Bonchev–Trinajstić information content (AvgIpc) is 1.82. The van der Waals surface area contributed by atoms with Crippen LogP contribution in [0.25, 0.3) is 0 Å². The van der Waals surface area contributed by atoms with Gasteiger partial charge < -0.3 is 0 Å². The Morgan fingerprint density at radius 2 is 1.92 bits per heavy atom. The Labute approximate surface area is 71.4 Å². The van der Waals surface area contributed by atoms with Gasteiger partial charge in [0.15, 0.2) is 0 Å². The minimum Gasteiger partial charge on any atom is -0.223 e. The molecule has 0 aliphatic rings. The quantitative estimate of drug-likeness (QED) is 0.596. The Morgan fingerprint density at radius 1 is 1.33 bits per heavy atom. The van der Waals surface area contributed by atoms with Crippen molar-refractivity contribution in [3.63, 3.8) is 0 Å². The third kappa shape index (κ3) is 2.07. The first kappa shape index (κ1) is 9.25. The van der Waals surface area contributed by atoms with Crippen LogP contribution in [0.5, 0.6) is 0 Å². The van der Waals surface area contributed by atoms with E-state index >= 15 is 0 Å². The Bertz CT molecular complexity index is 277. The van der Waals surface area contributed by atoms with Gasteiger partial charge in [0, 0.05) is 5.69 Å². The second-order valence-corrected chi connectivity index (χ2v) is 2.50. The van der Waals surface area contributed by atoms with E-state index in [1.807, 2.05) is 0 Å². The number of hydrogen-bond acceptors (Lipinski definition) is 2. The molecule has 12 heavy (non-hydrogen) atoms. The zero-order chi connectivity index (χ0) is 9.35. The highest BCUT2D eigenvalue weighted by atomic mass is 35.5. The molecule has 0 N–H and O–H groups in total. The van der Waals surface area contributed by atoms with Crippen LogP contribution in [0, 0.1) is 6.92 Å². The summed E-state index contributed by atoms with van der Waals surface area (Å²) < 4.78 is 36.0. The fourth-order valence-electron chi connectivity index (χ4n) is 0.678. The van der Waals surface area contributed by atoms with Crippen molar-refractivity contribution in [3.05, 3.63) is 22.7 Å². The van der Waals surface area contributed by atoms with Crippen LogP contribution in [-0.2, 0) is 6.18 Å². The van der Waals surface area contributed by atoms with Gasteiger partial charge in [-0.05, 0) is 24.6 Å². The van der Waals surface area contributed by atoms with E-state index in [1.165, 1.54) is 6.92 Å². The molecular weight excluding hydrogens is 193 g/mol. The number of hydrogen-bond donors (Lipinski definition) is 0. The molecule has 1 rings (SSSR count). The first-order chi connectivity index (χ1) is 5.39. The zero-order valence-electron chi connectivity index (χ0n) is 5.98. The number of nitrogens with zero attached hydrogens (tertiary/aromatic N) is 2. The van der Waals surface area contributed by atoms with E-state index in [-0.39, 0.29) is 11.0 Å². The molecule has 0 saturated carbocycles. The van der Waals surface area contributed by atoms with Crippen molar-refractivity contribution in [2.75, 3.05) is 0 Å². The van der Waals surface area contributed by atoms with Gasteiger partial charge in [-0.15, -0.1) is 0 Å². The number of aromatic nitrogens is 2. The lowest BCUT2D eigenvalue weighted by molar-refractivity contribution is -0.141. The van der Waals surface area contributed by atoms with Crippen LogP contribution in [0.15, 0.2) is 6.07 Å². The molecule has 1 heterocycles. The van der Waals surface area contributed by atoms with Crippen molar-refractivity contribution in [3.8, 4) is 0 Å². The molecule has 6 heteroatoms. The maximum Gasteiger partial charge on any atom is 0.433 e. The SMILES string of the molecule is Cc1cc(C(F)(F)F)nc(Cl)n1. The smallest absolute Gasteiger partial charge is 0.223 e. The Balaban J connectivity index is 3.18. The molecule has 0 radical (unpaired) electrons. The molecule has 0 atom stereocenters. The molecule has 0 saturated heterocycles. The van der Waals surface area contributed by atoms with Crippen molar-refractivity contribution in [1.82, 2.24) is 9.97 Å². The highest BCUT2D eigenvalue weighted by molar-refractivity contribution is 6.28. The molecule has 0 aliphatic carbocycles. The molecular formula is C6H4ClF3N2. The molecule has 0 unspecified atom stereocenters. The number of rotatable bonds is 0. The minimum absolute atomic E-state index is 0.197. The van der Waals surface area contributed by atoms with Gasteiger partial charge in [0.2, 0.25) is 5.28 Å². The van der Waals surface area contributed by atoms with E-state index in [4.69, 9.17) is 11.6 Å². The van der Waals surface area contributed by atoms with Gasteiger partial charge in [0.05, 0.1) is 0 Å². The van der Waals surface area contributed by atoms with Crippen molar-refractivity contribution >= 4 is 11.6 Å². The summed E-state index contributed by atoms with van der Waals surface area (Å²) in [6, 6.07) is 0.839. The average molecular weight is 197 g/mol. The van der Waals surface area contributed by atoms with Crippen LogP contribution in [0.4, 0.5) is 13.2 Å². The van der Waals surface area contributed by atoms with Crippen LogP contribution in [0.1, 0.15) is 11.4 Å². The molecule has 0 bridgehead atoms. The summed E-state index contributed by atoms with van der Waals surface area (Å²) in [6.07, 6.45) is -4.46. The molecule has 2 nitrogen and oxygen atoms in total. The van der Waals surface area contributed by atoms with E-state index in [0.29, 0.717) is 0 Å². The molecule has 0 amide bonds. The van der Waals surface area contributed by atoms with E-state index in [0.717, 1.165) is 6.07 Å². The van der Waals surface area contributed by atoms with E-state index in [2.05, 4.69) is 9.97 Å². The van der Waals surface area contributed by atoms with Crippen LogP contribution >= 0.6 is 11.6 Å². The summed E-state index contributed by atoms with van der Waals surface area (Å²) in [7, 11) is 0. The summed E-state index contributed by atoms with van der Waals surface area (Å²) in [4.78, 5) is 6.54. The highest BCUT2D eigenvalue weighted by Gasteiger charge is 2.33. The molecule has 0 aliphatic heterocycles. The monoisotopic (exact) mass is 196 g/mol. The summed E-state index contributed by atoms with van der Waals surface area (Å²) in [5.41, 5.74) is -0.817. The molecule has 66 valence electrons. The van der Waals surface area contributed by atoms with E-state index < -0.39 is 11.9 Å². The van der Waals surface area contributed by atoms with Gasteiger partial charge in [-0.1, -0.05) is 0 Å². The second-order valence-electron chi connectivity index (χ2n) is 2.16. The predicted octanol–water partition coefficient (Wildman–Crippen LogP) is 2.46. The van der Waals surface area contributed by atoms with Crippen LogP contribution in [0.3, 0.4) is 0 Å². The van der Waals surface area contributed by atoms with Crippen LogP contribution in [-0.4, -0.2) is 9.97 Å². The third-order valence-corrected chi connectivity index (χ3v) is 1.29. The topological polar surface area (TPSA) is 25.8 Å². The van der Waals surface area contributed by atoms with Gasteiger partial charge in [-0.25, -0.2) is 9.97 Å². The Kier molecular flexibility index (Phi) is 2.23. The summed E-state index contributed by atoms with van der Waals surface area (Å²) in [5, 5.41) is -0.387. The predicted molar refractivity (Wildman–Crippen MR) is 36.8 cm³/mol. The maximum atomic E-state index is 12.0. The molecule has 0 spiro atoms. The van der Waals surface area contributed by atoms with E-state index in [9.17, 15) is 13.2 Å². The highest BCUT2D eigenvalue weighted by Crippen LogP contribution is 2.28. The standard InChI is InChI=1S/C6H4ClF3N2/c1-3-2-4(6(8,9)10)12-5(7)11-3/h2H,1H3. The van der Waals surface area contributed by atoms with Gasteiger partial charge in [-0.2, -0.15) is 13.2 Å². The van der Waals surface area contributed by atoms with Crippen LogP contribution < -0.4 is 0 Å². The fourth-order valence-corrected chi connectivity index (χ4v) is 0.902. The van der Waals surface area contributed by atoms with Gasteiger partial charge in [-0.3, -0.25) is 0 Å². The van der Waals surface area contributed by atoms with Gasteiger partial charge in [0.1, 0.15) is 5.69 Å². The van der Waals surface area contributed by atoms with Gasteiger partial charge in [0.25, 0.3) is 0 Å². The van der Waals surface area contributed by atoms with Crippen LogP contribution in [0.2, 0.25) is 5.28 Å². The maximum absolute atomic E-state index is 12.0. The normalized spacial score (nSPS) is 11.8. The van der Waals surface area contributed by atoms with E-state index in [1.54, 1.807) is 0 Å². The number of halogens is 4. The molecule has 1 aromatic rings. The first-order valence-electron chi connectivity index (χ1n) is 2.98. The second kappa shape index (κ2) is 2.90. The minimum atomic E-state index is -4.46. The Hall–Kier alpha value is -0.840. The lowest BCUT2D eigenvalue weighted by atomic mass is 10.3. The number of aryl methyl sites for hydroxylation is 1. The lowest BCUT2D eigenvalue weighted by Gasteiger charge is -2.05. The van der Waals surface area contributed by atoms with Crippen molar-refractivity contribution in [2.24, 2.45) is 0 Å². The summed E-state index contributed by atoms with van der Waals surface area (Å²) in [5.74, 6) is 0. The summed E-state index contributed by atoms with van der Waals surface area (Å²) in [6.45, 7) is 1.42. The molecule has 0 fully saturated rings. The molecule has 1 aromatic heterocycles. The zero-order valence-corrected chi connectivity index (χ0v) is 6.74. The first-order valence-corrected chi connectivity index (χ1v) is 3.36. The third-order valence-electron chi connectivity index (χ3n) is 1.12. The fraction of sp³-hybridized carbons (Fsp3) is 0.333. The summed E-state index contributed by atoms with van der Waals surface area (Å²) >= 11 is 5.23. The number of alkyl halides is 3.